The Balaban J connectivity index is 1.51. The summed E-state index contributed by atoms with van der Waals surface area (Å²) in [6.45, 7) is 3.38. The Morgan fingerprint density at radius 2 is 1.70 bits per heavy atom. The zero-order valence-corrected chi connectivity index (χ0v) is 15.7. The summed E-state index contributed by atoms with van der Waals surface area (Å²) in [4.78, 5) is 35.8. The quantitative estimate of drug-likeness (QED) is 0.525. The van der Waals surface area contributed by atoms with Crippen LogP contribution in [0.2, 0.25) is 5.02 Å². The van der Waals surface area contributed by atoms with E-state index in [0.717, 1.165) is 11.1 Å². The van der Waals surface area contributed by atoms with E-state index in [1.165, 1.54) is 0 Å². The lowest BCUT2D eigenvalue weighted by molar-refractivity contribution is -0.148. The van der Waals surface area contributed by atoms with Gasteiger partial charge in [-0.3, -0.25) is 25.2 Å². The fraction of sp³-hybridized carbons (Fsp3) is 0.421. The molecule has 144 valence electrons. The summed E-state index contributed by atoms with van der Waals surface area (Å²) in [5.41, 5.74) is 6.28. The summed E-state index contributed by atoms with van der Waals surface area (Å²) in [7, 11) is 0. The normalized spacial score (nSPS) is 25.3. The maximum absolute atomic E-state index is 12.4. The highest BCUT2D eigenvalue weighted by molar-refractivity contribution is 6.32. The minimum Gasteiger partial charge on any atom is -0.484 e. The molecule has 8 heteroatoms. The third kappa shape index (κ3) is 3.93. The molecule has 2 bridgehead atoms. The van der Waals surface area contributed by atoms with Crippen LogP contribution in [-0.2, 0) is 14.4 Å². The van der Waals surface area contributed by atoms with E-state index < -0.39 is 29.6 Å². The summed E-state index contributed by atoms with van der Waals surface area (Å²) in [5, 5.41) is 10.0. The van der Waals surface area contributed by atoms with Gasteiger partial charge in [-0.1, -0.05) is 23.8 Å². The number of hydrogen-bond acceptors (Lipinski definition) is 4. The van der Waals surface area contributed by atoms with Gasteiger partial charge >= 0.3 is 5.97 Å². The number of benzene rings is 1. The van der Waals surface area contributed by atoms with Crippen LogP contribution in [0.15, 0.2) is 24.3 Å². The number of aryl methyl sites for hydroxylation is 2. The van der Waals surface area contributed by atoms with Crippen LogP contribution in [0.4, 0.5) is 0 Å². The number of hydrazine groups is 1. The number of carboxylic acid groups (broad SMARTS) is 1. The van der Waals surface area contributed by atoms with Gasteiger partial charge in [0.05, 0.1) is 11.8 Å². The molecule has 0 spiro atoms. The van der Waals surface area contributed by atoms with Crippen molar-refractivity contribution in [3.8, 4) is 5.75 Å². The Kier molecular flexibility index (Phi) is 5.41. The molecule has 1 aromatic rings. The van der Waals surface area contributed by atoms with Gasteiger partial charge in [0.25, 0.3) is 5.91 Å². The Hall–Kier alpha value is -2.54. The van der Waals surface area contributed by atoms with Crippen LogP contribution >= 0.6 is 11.6 Å². The van der Waals surface area contributed by atoms with E-state index in [0.29, 0.717) is 17.2 Å². The molecule has 3 N–H and O–H groups in total. The maximum Gasteiger partial charge on any atom is 0.307 e. The van der Waals surface area contributed by atoms with Gasteiger partial charge in [0.2, 0.25) is 5.91 Å². The standard InChI is InChI=1S/C19H21ClN2O5/c1-9-5-13(6-10(2)17(9)20)27-8-14(23)21-22-18(24)15-11-3-4-12(7-11)16(15)19(25)26/h3-6,11-12,15-16H,7-8H2,1-2H3,(H,21,23)(H,22,24)(H,25,26)/t11-,12-,15-,16+/m0/s1. The third-order valence-electron chi connectivity index (χ3n) is 5.15. The molecule has 3 rings (SSSR count). The van der Waals surface area contributed by atoms with Crippen molar-refractivity contribution in [2.24, 2.45) is 23.7 Å². The van der Waals surface area contributed by atoms with Crippen molar-refractivity contribution in [1.29, 1.82) is 0 Å². The molecule has 0 heterocycles. The molecule has 1 saturated carbocycles. The van der Waals surface area contributed by atoms with Crippen LogP contribution in [0.1, 0.15) is 17.5 Å². The van der Waals surface area contributed by atoms with Gasteiger partial charge < -0.3 is 9.84 Å². The second kappa shape index (κ2) is 7.60. The summed E-state index contributed by atoms with van der Waals surface area (Å²) >= 11 is 6.09. The number of allylic oxidation sites excluding steroid dienone is 2. The average Bonchev–Trinajstić information content (AvgIpc) is 3.23. The van der Waals surface area contributed by atoms with Gasteiger partial charge in [0.1, 0.15) is 5.75 Å². The molecule has 0 saturated heterocycles. The third-order valence-corrected chi connectivity index (χ3v) is 5.75. The van der Waals surface area contributed by atoms with Crippen LogP contribution < -0.4 is 15.6 Å². The summed E-state index contributed by atoms with van der Waals surface area (Å²) in [6, 6.07) is 3.44. The topological polar surface area (TPSA) is 105 Å². The predicted molar refractivity (Wildman–Crippen MR) is 98.1 cm³/mol. The number of ether oxygens (including phenoxy) is 1. The van der Waals surface area contributed by atoms with Crippen molar-refractivity contribution >= 4 is 29.4 Å². The Morgan fingerprint density at radius 1 is 1.11 bits per heavy atom. The molecular weight excluding hydrogens is 372 g/mol. The monoisotopic (exact) mass is 392 g/mol. The molecule has 4 atom stereocenters. The maximum atomic E-state index is 12.4. The van der Waals surface area contributed by atoms with E-state index >= 15 is 0 Å². The van der Waals surface area contributed by atoms with Crippen LogP contribution in [0.25, 0.3) is 0 Å². The zero-order valence-electron chi connectivity index (χ0n) is 15.0. The molecule has 0 aliphatic heterocycles. The first kappa shape index (κ1) is 19.2. The largest absolute Gasteiger partial charge is 0.484 e. The van der Waals surface area contributed by atoms with Crippen molar-refractivity contribution in [2.75, 3.05) is 6.61 Å². The van der Waals surface area contributed by atoms with Gasteiger partial charge in [-0.05, 0) is 55.4 Å². The molecule has 0 unspecified atom stereocenters. The van der Waals surface area contributed by atoms with Gasteiger partial charge in [-0.2, -0.15) is 0 Å². The van der Waals surface area contributed by atoms with Gasteiger partial charge in [0, 0.05) is 5.02 Å². The number of hydrogen-bond donors (Lipinski definition) is 3. The highest BCUT2D eigenvalue weighted by atomic mass is 35.5. The molecule has 0 radical (unpaired) electrons. The Labute approximate surface area is 161 Å². The number of nitrogens with one attached hydrogen (secondary N) is 2. The number of rotatable bonds is 5. The summed E-state index contributed by atoms with van der Waals surface area (Å²) in [5.74, 6) is -3.20. The van der Waals surface area contributed by atoms with Gasteiger partial charge in [-0.25, -0.2) is 0 Å². The Morgan fingerprint density at radius 3 is 2.30 bits per heavy atom. The molecule has 2 aliphatic carbocycles. The van der Waals surface area contributed by atoms with E-state index in [9.17, 15) is 19.5 Å². The fourth-order valence-corrected chi connectivity index (χ4v) is 4.01. The van der Waals surface area contributed by atoms with E-state index in [1.54, 1.807) is 12.1 Å². The summed E-state index contributed by atoms with van der Waals surface area (Å²) < 4.78 is 5.42. The average molecular weight is 393 g/mol. The number of fused-ring (bicyclic) bond motifs is 2. The highest BCUT2D eigenvalue weighted by Gasteiger charge is 2.51. The van der Waals surface area contributed by atoms with E-state index in [4.69, 9.17) is 16.3 Å². The molecule has 0 aromatic heterocycles. The molecule has 2 aliphatic rings. The molecular formula is C19H21ClN2O5. The molecule has 27 heavy (non-hydrogen) atoms. The van der Waals surface area contributed by atoms with Crippen molar-refractivity contribution in [3.63, 3.8) is 0 Å². The van der Waals surface area contributed by atoms with Crippen molar-refractivity contribution in [1.82, 2.24) is 10.9 Å². The summed E-state index contributed by atoms with van der Waals surface area (Å²) in [6.07, 6.45) is 4.39. The van der Waals surface area contributed by atoms with Crippen molar-refractivity contribution < 1.29 is 24.2 Å². The van der Waals surface area contributed by atoms with Crippen LogP contribution in [-0.4, -0.2) is 29.5 Å². The smallest absolute Gasteiger partial charge is 0.307 e. The molecule has 2 amide bonds. The second-order valence-corrected chi connectivity index (χ2v) is 7.41. The lowest BCUT2D eigenvalue weighted by Crippen LogP contribution is -2.49. The van der Waals surface area contributed by atoms with Crippen LogP contribution in [0.5, 0.6) is 5.75 Å². The van der Waals surface area contributed by atoms with E-state index in [1.807, 2.05) is 26.0 Å². The minimum atomic E-state index is -0.991. The van der Waals surface area contributed by atoms with E-state index in [2.05, 4.69) is 10.9 Å². The number of aliphatic carboxylic acids is 1. The fourth-order valence-electron chi connectivity index (χ4n) is 3.91. The lowest BCUT2D eigenvalue weighted by atomic mass is 9.82. The van der Waals surface area contributed by atoms with Crippen LogP contribution in [0, 0.1) is 37.5 Å². The molecule has 1 aromatic carbocycles. The second-order valence-electron chi connectivity index (χ2n) is 7.04. The van der Waals surface area contributed by atoms with Crippen molar-refractivity contribution in [3.05, 3.63) is 40.4 Å². The first-order valence-electron chi connectivity index (χ1n) is 8.67. The zero-order chi connectivity index (χ0) is 19.7. The minimum absolute atomic E-state index is 0.107. The van der Waals surface area contributed by atoms with Gasteiger partial charge in [0.15, 0.2) is 6.61 Å². The molecule has 1 fully saturated rings. The lowest BCUT2D eigenvalue weighted by Gasteiger charge is -2.23. The van der Waals surface area contributed by atoms with Gasteiger partial charge in [-0.15, -0.1) is 0 Å². The molecule has 7 nitrogen and oxygen atoms in total. The van der Waals surface area contributed by atoms with Crippen LogP contribution in [0.3, 0.4) is 0 Å². The van der Waals surface area contributed by atoms with E-state index in [-0.39, 0.29) is 18.4 Å². The number of carboxylic acids is 1. The number of halogens is 1. The van der Waals surface area contributed by atoms with Crippen molar-refractivity contribution in [2.45, 2.75) is 20.3 Å². The number of carbonyl (C=O) groups excluding carboxylic acids is 2. The number of carbonyl (C=O) groups is 3. The number of amides is 2. The first-order chi connectivity index (χ1) is 12.8. The first-order valence-corrected chi connectivity index (χ1v) is 9.05. The highest BCUT2D eigenvalue weighted by Crippen LogP contribution is 2.48. The Bertz CT molecular complexity index is 799. The predicted octanol–water partition coefficient (Wildman–Crippen LogP) is 2.01. The SMILES string of the molecule is Cc1cc(OCC(=O)NNC(=O)[C@@H]2[C@H](C(=O)O)[C@H]3C=C[C@H]2C3)cc(C)c1Cl.